The van der Waals surface area contributed by atoms with Crippen LogP contribution < -0.4 is 19.1 Å². The second-order valence-corrected chi connectivity index (χ2v) is 11.2. The van der Waals surface area contributed by atoms with Gasteiger partial charge in [-0.3, -0.25) is 14.5 Å². The Labute approximate surface area is 242 Å². The number of ether oxygens (including phenoxy) is 3. The van der Waals surface area contributed by atoms with Gasteiger partial charge in [-0.05, 0) is 47.5 Å². The van der Waals surface area contributed by atoms with E-state index in [2.05, 4.69) is 10.2 Å². The lowest BCUT2D eigenvalue weighted by Crippen LogP contribution is -2.29. The zero-order valence-corrected chi connectivity index (χ0v) is 23.2. The highest BCUT2D eigenvalue weighted by molar-refractivity contribution is 8.00. The molecule has 41 heavy (non-hydrogen) atoms. The Hall–Kier alpha value is -4.42. The minimum Gasteiger partial charge on any atom is -0.507 e. The van der Waals surface area contributed by atoms with E-state index in [-0.39, 0.29) is 22.3 Å². The minimum atomic E-state index is -0.994. The second kappa shape index (κ2) is 11.2. The molecule has 9 nitrogen and oxygen atoms in total. The fourth-order valence-electron chi connectivity index (χ4n) is 4.59. The molecule has 1 N–H and O–H groups in total. The van der Waals surface area contributed by atoms with E-state index in [0.717, 1.165) is 11.3 Å². The smallest absolute Gasteiger partial charge is 0.301 e. The predicted octanol–water partition coefficient (Wildman–Crippen LogP) is 5.38. The van der Waals surface area contributed by atoms with Crippen molar-refractivity contribution in [2.24, 2.45) is 0 Å². The number of Topliss-reactive ketones (excluding diaryl/α,β-unsaturated/α-hetero) is 1. The summed E-state index contributed by atoms with van der Waals surface area (Å²) in [6.45, 7) is 0.755. The molecule has 1 amide bonds. The van der Waals surface area contributed by atoms with Gasteiger partial charge in [-0.15, -0.1) is 10.2 Å². The lowest BCUT2D eigenvalue weighted by atomic mass is 9.95. The topological polar surface area (TPSA) is 111 Å². The Kier molecular flexibility index (Phi) is 7.33. The van der Waals surface area contributed by atoms with E-state index in [1.165, 1.54) is 29.8 Å². The molecule has 3 heterocycles. The number of aromatic nitrogens is 2. The van der Waals surface area contributed by atoms with Gasteiger partial charge < -0.3 is 19.3 Å². The summed E-state index contributed by atoms with van der Waals surface area (Å²) >= 11 is 2.37. The number of methoxy groups -OCH3 is 1. The number of benzene rings is 3. The summed E-state index contributed by atoms with van der Waals surface area (Å²) in [5.41, 5.74) is 1.25. The largest absolute Gasteiger partial charge is 0.507 e. The number of carbonyl (C=O) groups excluding carboxylic acids is 2. The molecule has 2 aliphatic rings. The van der Waals surface area contributed by atoms with Gasteiger partial charge in [0, 0.05) is 11.3 Å². The first kappa shape index (κ1) is 26.8. The van der Waals surface area contributed by atoms with Crippen LogP contribution in [0.5, 0.6) is 17.2 Å². The highest BCUT2D eigenvalue weighted by Gasteiger charge is 2.48. The molecule has 1 atom stereocenters. The molecule has 4 aromatic rings. The Morgan fingerprint density at radius 1 is 1.07 bits per heavy atom. The molecule has 1 fully saturated rings. The molecule has 12 heteroatoms. The zero-order valence-electron chi connectivity index (χ0n) is 21.6. The van der Waals surface area contributed by atoms with E-state index < -0.39 is 17.7 Å². The quantitative estimate of drug-likeness (QED) is 0.0996. The number of ketones is 1. The first-order valence-corrected chi connectivity index (χ1v) is 14.3. The van der Waals surface area contributed by atoms with Crippen molar-refractivity contribution in [3.8, 4) is 17.2 Å². The monoisotopic (exact) mass is 591 g/mol. The summed E-state index contributed by atoms with van der Waals surface area (Å²) in [6.07, 6.45) is 0. The van der Waals surface area contributed by atoms with E-state index in [4.69, 9.17) is 14.2 Å². The summed E-state index contributed by atoms with van der Waals surface area (Å²) < 4.78 is 31.1. The van der Waals surface area contributed by atoms with Gasteiger partial charge in [0.1, 0.15) is 30.5 Å². The molecule has 0 radical (unpaired) electrons. The Morgan fingerprint density at radius 2 is 1.83 bits per heavy atom. The molecule has 0 bridgehead atoms. The molecule has 208 valence electrons. The van der Waals surface area contributed by atoms with Crippen molar-refractivity contribution >= 4 is 45.7 Å². The number of rotatable bonds is 7. The van der Waals surface area contributed by atoms with Gasteiger partial charge in [0.15, 0.2) is 15.8 Å². The third kappa shape index (κ3) is 5.11. The second-order valence-electron chi connectivity index (χ2n) is 9.03. The van der Waals surface area contributed by atoms with Crippen molar-refractivity contribution < 1.29 is 33.3 Å². The Bertz CT molecular complexity index is 1670. The maximum absolute atomic E-state index is 14.1. The van der Waals surface area contributed by atoms with Gasteiger partial charge in [-0.1, -0.05) is 53.4 Å². The summed E-state index contributed by atoms with van der Waals surface area (Å²) in [7, 11) is 1.53. The molecule has 6 rings (SSSR count). The van der Waals surface area contributed by atoms with E-state index in [0.29, 0.717) is 57.2 Å². The maximum Gasteiger partial charge on any atom is 0.301 e. The number of nitrogens with zero attached hydrogens (tertiary/aromatic N) is 3. The van der Waals surface area contributed by atoms with Crippen LogP contribution in [0.15, 0.2) is 76.6 Å². The molecule has 2 aliphatic heterocycles. The minimum absolute atomic E-state index is 0.104. The number of hydrogen-bond donors (Lipinski definition) is 1. The number of thioether (sulfide) groups is 1. The number of aliphatic hydroxyl groups excluding tert-OH is 1. The van der Waals surface area contributed by atoms with Crippen molar-refractivity contribution in [2.75, 3.05) is 25.2 Å². The molecule has 1 unspecified atom stereocenters. The standard InChI is InChI=1S/C29H22FN3O6S2/c1-37-19-9-6-16(7-10-19)24-23(25(34)17-8-11-21-22(14-17)39-13-12-38-21)26(35)27(36)33(24)28-31-32-29(41-28)40-15-18-4-2-3-5-20(18)30/h2-11,14,24,34H,12-13,15H2,1H3/b25-23-. The van der Waals surface area contributed by atoms with Crippen molar-refractivity contribution in [3.63, 3.8) is 0 Å². The summed E-state index contributed by atoms with van der Waals surface area (Å²) in [5, 5.41) is 20.0. The molecule has 0 saturated carbocycles. The van der Waals surface area contributed by atoms with Crippen LogP contribution in [-0.4, -0.2) is 47.3 Å². The Balaban J connectivity index is 1.39. The van der Waals surface area contributed by atoms with Gasteiger partial charge in [-0.2, -0.15) is 0 Å². The van der Waals surface area contributed by atoms with Crippen LogP contribution in [0, 0.1) is 5.82 Å². The van der Waals surface area contributed by atoms with Crippen LogP contribution in [0.4, 0.5) is 9.52 Å². The summed E-state index contributed by atoms with van der Waals surface area (Å²) in [6, 6.07) is 17.1. The number of carbonyl (C=O) groups is 2. The van der Waals surface area contributed by atoms with Crippen LogP contribution >= 0.6 is 23.1 Å². The number of hydrogen-bond acceptors (Lipinski definition) is 10. The molecular weight excluding hydrogens is 569 g/mol. The molecule has 3 aromatic carbocycles. The number of amides is 1. The first-order valence-electron chi connectivity index (χ1n) is 12.5. The number of fused-ring (bicyclic) bond motifs is 1. The average molecular weight is 592 g/mol. The zero-order chi connectivity index (χ0) is 28.5. The van der Waals surface area contributed by atoms with E-state index in [9.17, 15) is 19.1 Å². The van der Waals surface area contributed by atoms with Crippen molar-refractivity contribution in [1.82, 2.24) is 10.2 Å². The Morgan fingerprint density at radius 3 is 2.59 bits per heavy atom. The van der Waals surface area contributed by atoms with Gasteiger partial charge in [0.2, 0.25) is 5.13 Å². The van der Waals surface area contributed by atoms with E-state index in [1.807, 2.05) is 0 Å². The van der Waals surface area contributed by atoms with Gasteiger partial charge in [-0.25, -0.2) is 4.39 Å². The highest BCUT2D eigenvalue weighted by Crippen LogP contribution is 2.45. The van der Waals surface area contributed by atoms with Crippen LogP contribution in [0.3, 0.4) is 0 Å². The normalized spacial score (nSPS) is 17.6. The lowest BCUT2D eigenvalue weighted by molar-refractivity contribution is -0.132. The highest BCUT2D eigenvalue weighted by atomic mass is 32.2. The fourth-order valence-corrected chi connectivity index (χ4v) is 6.44. The molecule has 0 aliphatic carbocycles. The predicted molar refractivity (Wildman–Crippen MR) is 151 cm³/mol. The van der Waals surface area contributed by atoms with E-state index >= 15 is 0 Å². The van der Waals surface area contributed by atoms with Gasteiger partial charge in [0.05, 0.1) is 18.7 Å². The van der Waals surface area contributed by atoms with Crippen molar-refractivity contribution in [2.45, 2.75) is 16.1 Å². The van der Waals surface area contributed by atoms with Crippen molar-refractivity contribution in [3.05, 3.63) is 94.8 Å². The molecular formula is C29H22FN3O6S2. The van der Waals surface area contributed by atoms with Crippen molar-refractivity contribution in [1.29, 1.82) is 0 Å². The molecule has 1 aromatic heterocycles. The lowest BCUT2D eigenvalue weighted by Gasteiger charge is -2.23. The third-order valence-electron chi connectivity index (χ3n) is 6.60. The van der Waals surface area contributed by atoms with E-state index in [1.54, 1.807) is 60.7 Å². The molecule has 1 saturated heterocycles. The van der Waals surface area contributed by atoms with Crippen LogP contribution in [0.2, 0.25) is 0 Å². The molecule has 0 spiro atoms. The number of aliphatic hydroxyl groups is 1. The first-order chi connectivity index (χ1) is 19.9. The van der Waals surface area contributed by atoms with Gasteiger partial charge >= 0.3 is 5.91 Å². The SMILES string of the molecule is COc1ccc(C2/C(=C(/O)c3ccc4c(c3)OCCO4)C(=O)C(=O)N2c2nnc(SCc3ccccc3F)s2)cc1. The summed E-state index contributed by atoms with van der Waals surface area (Å²) in [5.74, 6) is -0.561. The number of anilines is 1. The van der Waals surface area contributed by atoms with Gasteiger partial charge in [0.25, 0.3) is 5.78 Å². The van der Waals surface area contributed by atoms with Crippen LogP contribution in [0.1, 0.15) is 22.7 Å². The van der Waals surface area contributed by atoms with Crippen LogP contribution in [-0.2, 0) is 15.3 Å². The summed E-state index contributed by atoms with van der Waals surface area (Å²) in [4.78, 5) is 28.2. The third-order valence-corrected chi connectivity index (χ3v) is 8.71. The fraction of sp³-hybridized carbons (Fsp3) is 0.172. The maximum atomic E-state index is 14.1. The average Bonchev–Trinajstić information content (AvgIpc) is 3.58. The van der Waals surface area contributed by atoms with Crippen LogP contribution in [0.25, 0.3) is 5.76 Å². The number of halogens is 1.